The van der Waals surface area contributed by atoms with Gasteiger partial charge in [-0.25, -0.2) is 0 Å². The highest BCUT2D eigenvalue weighted by molar-refractivity contribution is 7.76. The van der Waals surface area contributed by atoms with Crippen LogP contribution in [0.1, 0.15) is 65.2 Å². The topological polar surface area (TPSA) is 71.1 Å². The van der Waals surface area contributed by atoms with Crippen molar-refractivity contribution in [2.75, 3.05) is 13.2 Å². The molecule has 0 aromatic heterocycles. The Bertz CT molecular complexity index is 572. The van der Waals surface area contributed by atoms with Crippen molar-refractivity contribution in [1.82, 2.24) is 0 Å². The van der Waals surface area contributed by atoms with E-state index in [1.807, 2.05) is 18.2 Å². The second-order valence-electron chi connectivity index (χ2n) is 6.62. The lowest BCUT2D eigenvalue weighted by atomic mass is 10.2. The first-order valence-electron chi connectivity index (χ1n) is 10.2. The highest BCUT2D eigenvalue weighted by atomic mass is 35.7. The third-order valence-electron chi connectivity index (χ3n) is 3.98. The number of hydrogen-bond donors (Lipinski definition) is 0. The Balaban J connectivity index is 2.47. The average Bonchev–Trinajstić information content (AvgIpc) is 2.71. The Labute approximate surface area is 179 Å². The Kier molecular flexibility index (Phi) is 14.6. The van der Waals surface area contributed by atoms with Crippen molar-refractivity contribution in [3.8, 4) is 5.75 Å². The van der Waals surface area contributed by atoms with Gasteiger partial charge in [0, 0.05) is 12.8 Å². The highest BCUT2D eigenvalue weighted by Crippen LogP contribution is 2.44. The number of carbonyl (C=O) groups is 2. The molecule has 0 spiro atoms. The van der Waals surface area contributed by atoms with E-state index in [9.17, 15) is 9.59 Å². The van der Waals surface area contributed by atoms with Gasteiger partial charge in [-0.2, -0.15) is 0 Å². The number of ether oxygens (including phenoxy) is 2. The van der Waals surface area contributed by atoms with Crippen LogP contribution in [0.5, 0.6) is 5.75 Å². The first-order chi connectivity index (χ1) is 14.0. The molecule has 0 amide bonds. The number of carbonyl (C=O) groups excluding carboxylic acids is 2. The van der Waals surface area contributed by atoms with Gasteiger partial charge in [0.2, 0.25) is 0 Å². The van der Waals surface area contributed by atoms with Gasteiger partial charge in [-0.15, -0.1) is 0 Å². The lowest BCUT2D eigenvalue weighted by molar-refractivity contribution is -0.161. The second kappa shape index (κ2) is 16.4. The molecule has 0 N–H and O–H groups in total. The molecule has 0 aliphatic heterocycles. The minimum atomic E-state index is -1.73. The van der Waals surface area contributed by atoms with E-state index in [4.69, 9.17) is 29.8 Å². The molecule has 164 valence electrons. The van der Waals surface area contributed by atoms with Crippen LogP contribution < -0.4 is 4.52 Å². The maximum atomic E-state index is 12.0. The molecule has 2 atom stereocenters. The molecule has 0 fully saturated rings. The third-order valence-corrected chi connectivity index (χ3v) is 5.19. The van der Waals surface area contributed by atoms with Gasteiger partial charge in [0.15, 0.2) is 6.10 Å². The molecular formula is C21H32ClO6P. The summed E-state index contributed by atoms with van der Waals surface area (Å²) in [5.41, 5.74) is 0. The monoisotopic (exact) mass is 446 g/mol. The zero-order valence-corrected chi connectivity index (χ0v) is 19.0. The number of esters is 2. The maximum absolute atomic E-state index is 12.0. The van der Waals surface area contributed by atoms with Crippen molar-refractivity contribution in [3.63, 3.8) is 0 Å². The first-order valence-corrected chi connectivity index (χ1v) is 12.3. The van der Waals surface area contributed by atoms with E-state index in [0.29, 0.717) is 18.6 Å². The maximum Gasteiger partial charge on any atom is 0.338 e. The first kappa shape index (κ1) is 25.7. The largest absolute Gasteiger partial charge is 0.462 e. The van der Waals surface area contributed by atoms with Crippen molar-refractivity contribution < 1.29 is 28.1 Å². The molecule has 0 heterocycles. The molecule has 1 rings (SSSR count). The molecule has 0 saturated heterocycles. The molecule has 6 nitrogen and oxygen atoms in total. The predicted molar refractivity (Wildman–Crippen MR) is 115 cm³/mol. The van der Waals surface area contributed by atoms with Gasteiger partial charge in [-0.3, -0.25) is 9.59 Å². The SMILES string of the molecule is CCCCCC(=O)OC[C@H](COP(Cl)Oc1ccccc1)OC(=O)CCCCC. The van der Waals surface area contributed by atoms with Crippen LogP contribution >= 0.6 is 19.0 Å². The van der Waals surface area contributed by atoms with E-state index in [-0.39, 0.29) is 25.2 Å². The molecule has 0 saturated carbocycles. The molecule has 1 aromatic carbocycles. The van der Waals surface area contributed by atoms with E-state index in [1.165, 1.54) is 0 Å². The number of hydrogen-bond acceptors (Lipinski definition) is 6. The molecular weight excluding hydrogens is 415 g/mol. The summed E-state index contributed by atoms with van der Waals surface area (Å²) in [5.74, 6) is -0.0554. The van der Waals surface area contributed by atoms with E-state index in [2.05, 4.69) is 13.8 Å². The number of rotatable bonds is 16. The summed E-state index contributed by atoms with van der Waals surface area (Å²) in [6.07, 6.45) is 5.48. The van der Waals surface area contributed by atoms with Crippen LogP contribution in [-0.2, 0) is 23.6 Å². The van der Waals surface area contributed by atoms with Gasteiger partial charge < -0.3 is 18.5 Å². The molecule has 1 unspecified atom stereocenters. The summed E-state index contributed by atoms with van der Waals surface area (Å²) in [4.78, 5) is 23.9. The Morgan fingerprint density at radius 2 is 1.55 bits per heavy atom. The summed E-state index contributed by atoms with van der Waals surface area (Å²) < 4.78 is 21.7. The smallest absolute Gasteiger partial charge is 0.338 e. The van der Waals surface area contributed by atoms with Crippen LogP contribution in [0.15, 0.2) is 30.3 Å². The van der Waals surface area contributed by atoms with Crippen molar-refractivity contribution in [2.45, 2.75) is 71.3 Å². The fraction of sp³-hybridized carbons (Fsp3) is 0.619. The van der Waals surface area contributed by atoms with Crippen molar-refractivity contribution in [1.29, 1.82) is 0 Å². The van der Waals surface area contributed by atoms with Gasteiger partial charge in [0.25, 0.3) is 0 Å². The fourth-order valence-corrected chi connectivity index (χ4v) is 3.42. The summed E-state index contributed by atoms with van der Waals surface area (Å²) in [7, 11) is -1.73. The van der Waals surface area contributed by atoms with Crippen LogP contribution in [-0.4, -0.2) is 31.3 Å². The molecule has 0 aliphatic rings. The van der Waals surface area contributed by atoms with E-state index >= 15 is 0 Å². The standard InChI is InChI=1S/C21H32ClO6P/c1-3-5-8-14-20(23)25-16-19(27-21(24)15-9-6-4-2)17-26-29(22)28-18-12-10-7-11-13-18/h7,10-13,19H,3-6,8-9,14-17H2,1-2H3/t19-,29?/m1/s1. The van der Waals surface area contributed by atoms with Gasteiger partial charge >= 0.3 is 19.7 Å². The predicted octanol–water partition coefficient (Wildman–Crippen LogP) is 6.16. The quantitative estimate of drug-likeness (QED) is 0.172. The zero-order chi connectivity index (χ0) is 21.3. The number of unbranched alkanes of at least 4 members (excludes halogenated alkanes) is 4. The van der Waals surface area contributed by atoms with E-state index in [1.54, 1.807) is 12.1 Å². The van der Waals surface area contributed by atoms with Crippen molar-refractivity contribution in [3.05, 3.63) is 30.3 Å². The van der Waals surface area contributed by atoms with Crippen LogP contribution in [0, 0.1) is 0 Å². The fourth-order valence-electron chi connectivity index (χ4n) is 2.39. The van der Waals surface area contributed by atoms with Crippen LogP contribution in [0.3, 0.4) is 0 Å². The van der Waals surface area contributed by atoms with Crippen molar-refractivity contribution in [2.24, 2.45) is 0 Å². The Morgan fingerprint density at radius 1 is 0.931 bits per heavy atom. The van der Waals surface area contributed by atoms with Gasteiger partial charge in [-0.05, 0) is 36.2 Å². The van der Waals surface area contributed by atoms with Crippen LogP contribution in [0.2, 0.25) is 0 Å². The molecule has 0 bridgehead atoms. The number of halogens is 1. The minimum absolute atomic E-state index is 0.0101. The molecule has 0 radical (unpaired) electrons. The lowest BCUT2D eigenvalue weighted by Gasteiger charge is -2.19. The summed E-state index contributed by atoms with van der Waals surface area (Å²) >= 11 is 6.12. The molecule has 0 aliphatic carbocycles. The van der Waals surface area contributed by atoms with E-state index < -0.39 is 13.8 Å². The van der Waals surface area contributed by atoms with Gasteiger partial charge in [0.1, 0.15) is 12.4 Å². The lowest BCUT2D eigenvalue weighted by Crippen LogP contribution is -2.29. The number of benzene rings is 1. The summed E-state index contributed by atoms with van der Waals surface area (Å²) in [6.45, 7) is 4.06. The second-order valence-corrected chi connectivity index (χ2v) is 8.32. The summed E-state index contributed by atoms with van der Waals surface area (Å²) in [5, 5.41) is 0. The normalized spacial score (nSPS) is 12.8. The highest BCUT2D eigenvalue weighted by Gasteiger charge is 2.20. The zero-order valence-electron chi connectivity index (χ0n) is 17.3. The Hall–Kier alpha value is -1.36. The number of para-hydroxylation sites is 1. The average molecular weight is 447 g/mol. The van der Waals surface area contributed by atoms with Gasteiger partial charge in [-0.1, -0.05) is 57.7 Å². The molecule has 29 heavy (non-hydrogen) atoms. The van der Waals surface area contributed by atoms with Crippen molar-refractivity contribution >= 4 is 30.9 Å². The minimum Gasteiger partial charge on any atom is -0.462 e. The van der Waals surface area contributed by atoms with Crippen LogP contribution in [0.25, 0.3) is 0 Å². The van der Waals surface area contributed by atoms with E-state index in [0.717, 1.165) is 38.5 Å². The van der Waals surface area contributed by atoms with Gasteiger partial charge in [0.05, 0.1) is 6.61 Å². The third kappa shape index (κ3) is 13.5. The van der Waals surface area contributed by atoms with Crippen LogP contribution in [0.4, 0.5) is 0 Å². The Morgan fingerprint density at radius 3 is 2.17 bits per heavy atom. The molecule has 1 aromatic rings. The molecule has 8 heteroatoms. The summed E-state index contributed by atoms with van der Waals surface area (Å²) in [6, 6.07) is 9.06.